The molecule has 5 aromatic rings. The molecule has 5 nitrogen and oxygen atoms in total. The third kappa shape index (κ3) is 4.95. The Hall–Kier alpha value is -4.16. The molecule has 0 aliphatic carbocycles. The van der Waals surface area contributed by atoms with Gasteiger partial charge in [0.15, 0.2) is 5.13 Å². The zero-order valence-electron chi connectivity index (χ0n) is 20.2. The second-order valence-corrected chi connectivity index (χ2v) is 9.33. The maximum atomic E-state index is 13.7. The van der Waals surface area contributed by atoms with Crippen LogP contribution in [0.4, 0.5) is 5.13 Å². The lowest BCUT2D eigenvalue weighted by Crippen LogP contribution is -2.31. The van der Waals surface area contributed by atoms with E-state index in [1.807, 2.05) is 72.8 Å². The van der Waals surface area contributed by atoms with Gasteiger partial charge in [0.1, 0.15) is 21.7 Å². The number of aromatic nitrogens is 1. The minimum absolute atomic E-state index is 0.0247. The van der Waals surface area contributed by atoms with Crippen LogP contribution in [0.5, 0.6) is 11.5 Å². The highest BCUT2D eigenvalue weighted by Crippen LogP contribution is 2.40. The number of ether oxygens (including phenoxy) is 2. The molecule has 0 bridgehead atoms. The fourth-order valence-corrected chi connectivity index (χ4v) is 5.22. The van der Waals surface area contributed by atoms with Crippen LogP contribution in [0.2, 0.25) is 0 Å². The van der Waals surface area contributed by atoms with Gasteiger partial charge in [0, 0.05) is 0 Å². The van der Waals surface area contributed by atoms with E-state index in [1.165, 1.54) is 11.3 Å². The number of hydrogen-bond donors (Lipinski definition) is 0. The lowest BCUT2D eigenvalue weighted by molar-refractivity contribution is -0.118. The molecular weight excluding hydrogens is 468 g/mol. The minimum atomic E-state index is -0.0247. The van der Waals surface area contributed by atoms with Gasteiger partial charge in [-0.3, -0.25) is 9.69 Å². The van der Waals surface area contributed by atoms with Gasteiger partial charge in [0.05, 0.1) is 27.2 Å². The van der Waals surface area contributed by atoms with E-state index in [4.69, 9.17) is 14.5 Å². The predicted molar refractivity (Wildman–Crippen MR) is 146 cm³/mol. The van der Waals surface area contributed by atoms with Crippen molar-refractivity contribution in [3.8, 4) is 22.6 Å². The van der Waals surface area contributed by atoms with Crippen LogP contribution in [-0.4, -0.2) is 25.1 Å². The number of methoxy groups -OCH3 is 2. The molecule has 1 aromatic heterocycles. The Bertz CT molecular complexity index is 1420. The van der Waals surface area contributed by atoms with Crippen LogP contribution >= 0.6 is 11.3 Å². The van der Waals surface area contributed by atoms with E-state index < -0.39 is 0 Å². The highest BCUT2D eigenvalue weighted by molar-refractivity contribution is 7.22. The van der Waals surface area contributed by atoms with Crippen molar-refractivity contribution in [3.05, 3.63) is 108 Å². The van der Waals surface area contributed by atoms with Gasteiger partial charge in [-0.15, -0.1) is 0 Å². The van der Waals surface area contributed by atoms with Crippen LogP contribution < -0.4 is 14.4 Å². The average Bonchev–Trinajstić information content (AvgIpc) is 3.38. The van der Waals surface area contributed by atoms with Crippen molar-refractivity contribution >= 4 is 32.6 Å². The molecule has 1 amide bonds. The summed E-state index contributed by atoms with van der Waals surface area (Å²) >= 11 is 1.43. The number of amides is 1. The van der Waals surface area contributed by atoms with Crippen molar-refractivity contribution < 1.29 is 14.3 Å². The molecule has 0 saturated carbocycles. The Balaban J connectivity index is 1.47. The number of hydrogen-bond acceptors (Lipinski definition) is 5. The first kappa shape index (κ1) is 23.6. The summed E-state index contributed by atoms with van der Waals surface area (Å²) in [5.41, 5.74) is 4.95. The molecule has 6 heteroatoms. The van der Waals surface area contributed by atoms with Gasteiger partial charge in [-0.2, -0.15) is 0 Å². The van der Waals surface area contributed by atoms with E-state index in [2.05, 4.69) is 24.3 Å². The first-order chi connectivity index (χ1) is 17.7. The average molecular weight is 495 g/mol. The van der Waals surface area contributed by atoms with E-state index in [1.54, 1.807) is 19.1 Å². The maximum absolute atomic E-state index is 13.7. The molecule has 36 heavy (non-hydrogen) atoms. The molecule has 0 atom stereocenters. The maximum Gasteiger partial charge on any atom is 0.233 e. The van der Waals surface area contributed by atoms with Gasteiger partial charge in [-0.1, -0.05) is 96.3 Å². The van der Waals surface area contributed by atoms with Crippen molar-refractivity contribution in [2.45, 2.75) is 13.0 Å². The zero-order valence-corrected chi connectivity index (χ0v) is 21.0. The predicted octanol–water partition coefficient (Wildman–Crippen LogP) is 6.76. The van der Waals surface area contributed by atoms with Crippen molar-refractivity contribution in [1.82, 2.24) is 4.98 Å². The van der Waals surface area contributed by atoms with E-state index in [9.17, 15) is 4.79 Å². The second-order valence-electron chi connectivity index (χ2n) is 8.35. The highest BCUT2D eigenvalue weighted by Gasteiger charge is 2.23. The van der Waals surface area contributed by atoms with Crippen LogP contribution in [0.25, 0.3) is 21.3 Å². The lowest BCUT2D eigenvalue weighted by Gasteiger charge is -2.20. The molecule has 180 valence electrons. The standard InChI is InChI=1S/C30H26N2O3S/c1-34-25-17-18-26(35-2)29-28(25)31-30(36-29)32(20-22-9-5-3-6-10-22)27(33)19-21-13-15-24(16-14-21)23-11-7-4-8-12-23/h3-18H,19-20H2,1-2H3. The fraction of sp³-hybridized carbons (Fsp3) is 0.133. The first-order valence-corrected chi connectivity index (χ1v) is 12.5. The van der Waals surface area contributed by atoms with E-state index in [0.717, 1.165) is 27.0 Å². The minimum Gasteiger partial charge on any atom is -0.495 e. The van der Waals surface area contributed by atoms with Crippen LogP contribution in [0.3, 0.4) is 0 Å². The quantitative estimate of drug-likeness (QED) is 0.239. The summed E-state index contributed by atoms with van der Waals surface area (Å²) in [7, 11) is 3.25. The molecule has 4 aromatic carbocycles. The Labute approximate surface area is 214 Å². The molecule has 0 radical (unpaired) electrons. The molecule has 1 heterocycles. The number of fused-ring (bicyclic) bond motifs is 1. The SMILES string of the molecule is COc1ccc(OC)c2sc(N(Cc3ccccc3)C(=O)Cc3ccc(-c4ccccc4)cc3)nc12. The number of carbonyl (C=O) groups excluding carboxylic acids is 1. The molecule has 0 N–H and O–H groups in total. The van der Waals surface area contributed by atoms with Crippen molar-refractivity contribution in [1.29, 1.82) is 0 Å². The number of thiazole rings is 1. The monoisotopic (exact) mass is 494 g/mol. The van der Waals surface area contributed by atoms with Crippen LogP contribution in [-0.2, 0) is 17.8 Å². The Kier molecular flexibility index (Phi) is 6.96. The van der Waals surface area contributed by atoms with Crippen molar-refractivity contribution in [2.24, 2.45) is 0 Å². The Morgan fingerprint density at radius 3 is 2.03 bits per heavy atom. The van der Waals surface area contributed by atoms with Gasteiger partial charge in [0.2, 0.25) is 5.91 Å². The number of carbonyl (C=O) groups is 1. The second kappa shape index (κ2) is 10.6. The van der Waals surface area contributed by atoms with Gasteiger partial charge in [0.25, 0.3) is 0 Å². The molecule has 5 rings (SSSR count). The number of anilines is 1. The van der Waals surface area contributed by atoms with Crippen LogP contribution in [0, 0.1) is 0 Å². The van der Waals surface area contributed by atoms with Crippen molar-refractivity contribution in [2.75, 3.05) is 19.1 Å². The highest BCUT2D eigenvalue weighted by atomic mass is 32.1. The van der Waals surface area contributed by atoms with Gasteiger partial charge < -0.3 is 9.47 Å². The first-order valence-electron chi connectivity index (χ1n) is 11.7. The molecule has 0 spiro atoms. The summed E-state index contributed by atoms with van der Waals surface area (Å²) in [6.45, 7) is 0.423. The van der Waals surface area contributed by atoms with E-state index in [0.29, 0.717) is 28.7 Å². The zero-order chi connectivity index (χ0) is 24.9. The molecule has 0 fully saturated rings. The molecule has 0 saturated heterocycles. The van der Waals surface area contributed by atoms with E-state index >= 15 is 0 Å². The summed E-state index contributed by atoms with van der Waals surface area (Å²) < 4.78 is 11.9. The Morgan fingerprint density at radius 1 is 0.750 bits per heavy atom. The normalized spacial score (nSPS) is 10.8. The van der Waals surface area contributed by atoms with Crippen LogP contribution in [0.1, 0.15) is 11.1 Å². The van der Waals surface area contributed by atoms with Gasteiger partial charge >= 0.3 is 0 Å². The Morgan fingerprint density at radius 2 is 1.36 bits per heavy atom. The third-order valence-corrected chi connectivity index (χ3v) is 7.12. The molecule has 0 aliphatic heterocycles. The van der Waals surface area contributed by atoms with Gasteiger partial charge in [-0.05, 0) is 34.4 Å². The summed E-state index contributed by atoms with van der Waals surface area (Å²) in [6, 6.07) is 32.0. The van der Waals surface area contributed by atoms with Gasteiger partial charge in [-0.25, -0.2) is 4.98 Å². The molecule has 0 unspecified atom stereocenters. The van der Waals surface area contributed by atoms with Crippen LogP contribution in [0.15, 0.2) is 97.1 Å². The van der Waals surface area contributed by atoms with Crippen molar-refractivity contribution in [3.63, 3.8) is 0 Å². The third-order valence-electron chi connectivity index (χ3n) is 6.03. The largest absolute Gasteiger partial charge is 0.495 e. The number of rotatable bonds is 8. The molecular formula is C30H26N2O3S. The molecule has 0 aliphatic rings. The summed E-state index contributed by atoms with van der Waals surface area (Å²) in [4.78, 5) is 20.3. The number of benzene rings is 4. The lowest BCUT2D eigenvalue weighted by atomic mass is 10.0. The summed E-state index contributed by atoms with van der Waals surface area (Å²) in [5, 5.41) is 0.613. The van der Waals surface area contributed by atoms with E-state index in [-0.39, 0.29) is 12.3 Å². The topological polar surface area (TPSA) is 51.7 Å². The fourth-order valence-electron chi connectivity index (χ4n) is 4.13. The smallest absolute Gasteiger partial charge is 0.233 e. The summed E-state index contributed by atoms with van der Waals surface area (Å²) in [5.74, 6) is 1.33. The summed E-state index contributed by atoms with van der Waals surface area (Å²) in [6.07, 6.45) is 0.270. The number of nitrogens with zero attached hydrogens (tertiary/aromatic N) is 2.